The van der Waals surface area contributed by atoms with Crippen molar-refractivity contribution in [1.82, 2.24) is 5.32 Å². The van der Waals surface area contributed by atoms with Crippen LogP contribution in [0.15, 0.2) is 34.5 Å². The fourth-order valence-corrected chi connectivity index (χ4v) is 2.61. The van der Waals surface area contributed by atoms with Gasteiger partial charge in [-0.05, 0) is 32.2 Å². The monoisotopic (exact) mass is 292 g/mol. The van der Waals surface area contributed by atoms with E-state index in [2.05, 4.69) is 10.3 Å². The zero-order valence-electron chi connectivity index (χ0n) is 11.5. The number of benzene rings is 1. The Bertz CT molecular complexity index is 623. The first-order chi connectivity index (χ1) is 9.43. The summed E-state index contributed by atoms with van der Waals surface area (Å²) in [7, 11) is 0. The van der Waals surface area contributed by atoms with Gasteiger partial charge in [-0.3, -0.25) is 0 Å². The molecule has 1 aromatic carbocycles. The average Bonchev–Trinajstić information content (AvgIpc) is 2.40. The molecule has 1 atom stereocenters. The number of rotatable bonds is 2. The maximum atomic E-state index is 11.5. The first-order valence-electron chi connectivity index (χ1n) is 6.06. The number of carboxylic acid groups (broad SMARTS) is 1. The summed E-state index contributed by atoms with van der Waals surface area (Å²) in [5, 5.41) is 23.0. The van der Waals surface area contributed by atoms with E-state index < -0.39 is 12.0 Å². The Labute approximate surface area is 121 Å². The zero-order chi connectivity index (χ0) is 14.9. The van der Waals surface area contributed by atoms with Gasteiger partial charge in [0.05, 0.1) is 5.57 Å². The molecule has 1 aromatic rings. The standard InChI is InChI=1S/C14H16N2O3S/c1-7-4-5-10(17)9(6-7)12-11(13(18)19)8(2)15-14(16-12)20-3/h4-6,12,17H,1-3H3,(H,15,16)(H,18,19). The number of carboxylic acids is 1. The van der Waals surface area contributed by atoms with Crippen LogP contribution in [0.5, 0.6) is 5.75 Å². The molecule has 0 spiro atoms. The number of phenolic OH excluding ortho intramolecular Hbond substituents is 1. The molecule has 0 saturated heterocycles. The van der Waals surface area contributed by atoms with E-state index in [1.54, 1.807) is 25.1 Å². The summed E-state index contributed by atoms with van der Waals surface area (Å²) in [6.07, 6.45) is 1.86. The number of thioether (sulfide) groups is 1. The summed E-state index contributed by atoms with van der Waals surface area (Å²) in [5.74, 6) is -0.983. The summed E-state index contributed by atoms with van der Waals surface area (Å²) in [6, 6.07) is 4.41. The van der Waals surface area contributed by atoms with Crippen molar-refractivity contribution in [1.29, 1.82) is 0 Å². The molecule has 0 aromatic heterocycles. The van der Waals surface area contributed by atoms with Crippen molar-refractivity contribution in [3.05, 3.63) is 40.6 Å². The number of aromatic hydroxyl groups is 1. The van der Waals surface area contributed by atoms with E-state index in [1.807, 2.05) is 13.2 Å². The molecular weight excluding hydrogens is 276 g/mol. The maximum absolute atomic E-state index is 11.5. The van der Waals surface area contributed by atoms with Crippen LogP contribution in [0.2, 0.25) is 0 Å². The van der Waals surface area contributed by atoms with Gasteiger partial charge < -0.3 is 15.5 Å². The molecule has 1 aliphatic heterocycles. The highest BCUT2D eigenvalue weighted by molar-refractivity contribution is 8.13. The van der Waals surface area contributed by atoms with E-state index in [0.29, 0.717) is 16.4 Å². The lowest BCUT2D eigenvalue weighted by atomic mass is 9.95. The summed E-state index contributed by atoms with van der Waals surface area (Å²) < 4.78 is 0. The van der Waals surface area contributed by atoms with Crippen LogP contribution in [0, 0.1) is 6.92 Å². The number of phenols is 1. The van der Waals surface area contributed by atoms with Crippen LogP contribution in [0.25, 0.3) is 0 Å². The average molecular weight is 292 g/mol. The molecular formula is C14H16N2O3S. The molecule has 0 fully saturated rings. The highest BCUT2D eigenvalue weighted by Crippen LogP contribution is 2.36. The number of aliphatic carboxylic acids is 1. The molecule has 0 saturated carbocycles. The molecule has 6 heteroatoms. The Morgan fingerprint density at radius 1 is 1.40 bits per heavy atom. The molecule has 1 aliphatic rings. The third kappa shape index (κ3) is 2.65. The Kier molecular flexibility index (Phi) is 4.04. The molecule has 3 N–H and O–H groups in total. The first kappa shape index (κ1) is 14.5. The van der Waals surface area contributed by atoms with Gasteiger partial charge in [0, 0.05) is 11.3 Å². The quantitative estimate of drug-likeness (QED) is 0.780. The third-order valence-corrected chi connectivity index (χ3v) is 3.71. The molecule has 20 heavy (non-hydrogen) atoms. The maximum Gasteiger partial charge on any atom is 0.335 e. The van der Waals surface area contributed by atoms with Gasteiger partial charge >= 0.3 is 5.97 Å². The summed E-state index contributed by atoms with van der Waals surface area (Å²) in [5.41, 5.74) is 2.15. The molecule has 0 amide bonds. The Morgan fingerprint density at radius 2 is 2.10 bits per heavy atom. The van der Waals surface area contributed by atoms with Crippen molar-refractivity contribution in [3.8, 4) is 5.75 Å². The van der Waals surface area contributed by atoms with Crippen LogP contribution in [0.3, 0.4) is 0 Å². The number of aryl methyl sites for hydroxylation is 1. The van der Waals surface area contributed by atoms with Crippen LogP contribution in [0.1, 0.15) is 24.1 Å². The summed E-state index contributed by atoms with van der Waals surface area (Å²) in [4.78, 5) is 15.9. The lowest BCUT2D eigenvalue weighted by Crippen LogP contribution is -2.29. The fraction of sp³-hybridized carbons (Fsp3) is 0.286. The van der Waals surface area contributed by atoms with Gasteiger partial charge in [-0.25, -0.2) is 9.79 Å². The summed E-state index contributed by atoms with van der Waals surface area (Å²) >= 11 is 1.40. The van der Waals surface area contributed by atoms with E-state index >= 15 is 0 Å². The van der Waals surface area contributed by atoms with Gasteiger partial charge in [-0.15, -0.1) is 0 Å². The van der Waals surface area contributed by atoms with E-state index in [9.17, 15) is 15.0 Å². The number of allylic oxidation sites excluding steroid dienone is 1. The second-order valence-corrected chi connectivity index (χ2v) is 5.37. The smallest absolute Gasteiger partial charge is 0.335 e. The van der Waals surface area contributed by atoms with Gasteiger partial charge in [-0.2, -0.15) is 0 Å². The lowest BCUT2D eigenvalue weighted by Gasteiger charge is -2.24. The second-order valence-electron chi connectivity index (χ2n) is 4.57. The largest absolute Gasteiger partial charge is 0.508 e. The normalized spacial score (nSPS) is 18.6. The van der Waals surface area contributed by atoms with Gasteiger partial charge in [-0.1, -0.05) is 23.4 Å². The van der Waals surface area contributed by atoms with Crippen LogP contribution < -0.4 is 5.32 Å². The van der Waals surface area contributed by atoms with Crippen molar-refractivity contribution in [2.75, 3.05) is 6.26 Å². The molecule has 0 radical (unpaired) electrons. The third-order valence-electron chi connectivity index (χ3n) is 3.12. The van der Waals surface area contributed by atoms with Crippen molar-refractivity contribution in [3.63, 3.8) is 0 Å². The number of carbonyl (C=O) groups is 1. The minimum Gasteiger partial charge on any atom is -0.508 e. The SMILES string of the molecule is CSC1=NC(c2cc(C)ccc2O)C(C(=O)O)=C(C)N1. The van der Waals surface area contributed by atoms with Crippen LogP contribution >= 0.6 is 11.8 Å². The van der Waals surface area contributed by atoms with Gasteiger partial charge in [0.2, 0.25) is 0 Å². The van der Waals surface area contributed by atoms with Gasteiger partial charge in [0.25, 0.3) is 0 Å². The lowest BCUT2D eigenvalue weighted by molar-refractivity contribution is -0.133. The number of nitrogens with one attached hydrogen (secondary N) is 1. The molecule has 0 bridgehead atoms. The molecule has 5 nitrogen and oxygen atoms in total. The molecule has 2 rings (SSSR count). The minimum atomic E-state index is -1.04. The minimum absolute atomic E-state index is 0.0539. The molecule has 106 valence electrons. The molecule has 1 unspecified atom stereocenters. The van der Waals surface area contributed by atoms with Crippen LogP contribution in [-0.2, 0) is 4.79 Å². The Balaban J connectivity index is 2.59. The highest BCUT2D eigenvalue weighted by Gasteiger charge is 2.30. The van der Waals surface area contributed by atoms with Crippen molar-refractivity contribution >= 4 is 22.9 Å². The Morgan fingerprint density at radius 3 is 2.70 bits per heavy atom. The Hall–Kier alpha value is -1.95. The van der Waals surface area contributed by atoms with Gasteiger partial charge in [0.15, 0.2) is 5.17 Å². The van der Waals surface area contributed by atoms with Crippen LogP contribution in [0.4, 0.5) is 0 Å². The second kappa shape index (κ2) is 5.58. The summed E-state index contributed by atoms with van der Waals surface area (Å²) in [6.45, 7) is 3.59. The molecule has 0 aliphatic carbocycles. The van der Waals surface area contributed by atoms with Crippen molar-refractivity contribution in [2.45, 2.75) is 19.9 Å². The fourth-order valence-electron chi connectivity index (χ4n) is 2.15. The van der Waals surface area contributed by atoms with Crippen molar-refractivity contribution < 1.29 is 15.0 Å². The number of hydrogen-bond acceptors (Lipinski definition) is 5. The van der Waals surface area contributed by atoms with E-state index in [4.69, 9.17) is 0 Å². The topological polar surface area (TPSA) is 81.9 Å². The zero-order valence-corrected chi connectivity index (χ0v) is 12.3. The van der Waals surface area contributed by atoms with Crippen LogP contribution in [-0.4, -0.2) is 27.6 Å². The van der Waals surface area contributed by atoms with Gasteiger partial charge in [0.1, 0.15) is 11.8 Å². The van der Waals surface area contributed by atoms with Crippen molar-refractivity contribution in [2.24, 2.45) is 4.99 Å². The van der Waals surface area contributed by atoms with E-state index in [1.165, 1.54) is 11.8 Å². The highest BCUT2D eigenvalue weighted by atomic mass is 32.2. The molecule has 1 heterocycles. The number of hydrogen-bond donors (Lipinski definition) is 3. The predicted molar refractivity (Wildman–Crippen MR) is 80.0 cm³/mol. The first-order valence-corrected chi connectivity index (χ1v) is 7.29. The predicted octanol–water partition coefficient (Wildman–Crippen LogP) is 2.42. The van der Waals surface area contributed by atoms with E-state index in [0.717, 1.165) is 5.56 Å². The van der Waals surface area contributed by atoms with E-state index in [-0.39, 0.29) is 11.3 Å². The number of aliphatic imine (C=N–C) groups is 1. The number of nitrogens with zero attached hydrogens (tertiary/aromatic N) is 1. The number of amidine groups is 1.